The van der Waals surface area contributed by atoms with E-state index in [1.165, 1.54) is 0 Å². The molecule has 0 N–H and O–H groups in total. The number of aromatic nitrogens is 3. The third-order valence-corrected chi connectivity index (χ3v) is 4.59. The Balaban J connectivity index is 1.77. The average Bonchev–Trinajstić information content (AvgIpc) is 3.17. The minimum absolute atomic E-state index is 0.0462. The molecule has 1 aliphatic heterocycles. The number of aryl methyl sites for hydroxylation is 2. The predicted octanol–water partition coefficient (Wildman–Crippen LogP) is 2.05. The second kappa shape index (κ2) is 7.31. The van der Waals surface area contributed by atoms with Gasteiger partial charge in [0, 0.05) is 24.8 Å². The third kappa shape index (κ3) is 3.87. The van der Waals surface area contributed by atoms with Crippen molar-refractivity contribution in [3.05, 3.63) is 40.8 Å². The van der Waals surface area contributed by atoms with Gasteiger partial charge in [0.1, 0.15) is 5.76 Å². The highest BCUT2D eigenvalue weighted by Gasteiger charge is 2.32. The van der Waals surface area contributed by atoms with E-state index >= 15 is 0 Å². The van der Waals surface area contributed by atoms with Crippen molar-refractivity contribution in [1.82, 2.24) is 24.9 Å². The van der Waals surface area contributed by atoms with Gasteiger partial charge in [0.2, 0.25) is 5.91 Å². The topological polar surface area (TPSA) is 75.4 Å². The molecule has 0 bridgehead atoms. The van der Waals surface area contributed by atoms with Crippen LogP contribution in [0, 0.1) is 13.8 Å². The highest BCUT2D eigenvalue weighted by Crippen LogP contribution is 2.31. The van der Waals surface area contributed by atoms with Crippen LogP contribution in [0.2, 0.25) is 0 Å². The summed E-state index contributed by atoms with van der Waals surface area (Å²) in [5.41, 5.74) is 2.64. The first-order valence-electron chi connectivity index (χ1n) is 8.63. The van der Waals surface area contributed by atoms with Gasteiger partial charge < -0.3 is 14.3 Å². The maximum Gasteiger partial charge on any atom is 0.227 e. The van der Waals surface area contributed by atoms with Crippen molar-refractivity contribution < 1.29 is 9.32 Å². The first kappa shape index (κ1) is 17.5. The lowest BCUT2D eigenvalue weighted by Gasteiger charge is -2.24. The Morgan fingerprint density at radius 2 is 2.20 bits per heavy atom. The monoisotopic (exact) mass is 343 g/mol. The van der Waals surface area contributed by atoms with Crippen LogP contribution < -0.4 is 0 Å². The van der Waals surface area contributed by atoms with Crippen LogP contribution in [0.15, 0.2) is 16.8 Å². The molecule has 0 radical (unpaired) electrons. The number of rotatable bonds is 5. The SMILES string of the molecule is Cc1noc(C)c1CC(=O)N1CCCC1c1nccc(CN(C)C)n1. The molecule has 3 heterocycles. The van der Waals surface area contributed by atoms with Gasteiger partial charge in [-0.1, -0.05) is 5.16 Å². The highest BCUT2D eigenvalue weighted by molar-refractivity contribution is 5.79. The second-order valence-corrected chi connectivity index (χ2v) is 6.87. The first-order chi connectivity index (χ1) is 12.0. The van der Waals surface area contributed by atoms with E-state index in [2.05, 4.69) is 20.0 Å². The summed E-state index contributed by atoms with van der Waals surface area (Å²) in [6, 6.07) is 1.88. The molecule has 2 aromatic rings. The Bertz CT molecular complexity index is 736. The van der Waals surface area contributed by atoms with Gasteiger partial charge in [-0.15, -0.1) is 0 Å². The lowest BCUT2D eigenvalue weighted by atomic mass is 10.1. The van der Waals surface area contributed by atoms with Gasteiger partial charge in [0.15, 0.2) is 5.82 Å². The molecule has 0 aliphatic carbocycles. The molecule has 7 nitrogen and oxygen atoms in total. The fourth-order valence-corrected chi connectivity index (χ4v) is 3.33. The van der Waals surface area contributed by atoms with Crippen molar-refractivity contribution in [2.24, 2.45) is 0 Å². The van der Waals surface area contributed by atoms with E-state index in [9.17, 15) is 4.79 Å². The van der Waals surface area contributed by atoms with Crippen molar-refractivity contribution in [2.45, 2.75) is 45.7 Å². The molecule has 0 spiro atoms. The summed E-state index contributed by atoms with van der Waals surface area (Å²) in [5, 5.41) is 3.94. The van der Waals surface area contributed by atoms with Crippen LogP contribution in [0.5, 0.6) is 0 Å². The number of carbonyl (C=O) groups excluding carboxylic acids is 1. The number of hydrogen-bond acceptors (Lipinski definition) is 6. The van der Waals surface area contributed by atoms with Gasteiger partial charge in [0.05, 0.1) is 23.9 Å². The Morgan fingerprint density at radius 3 is 2.88 bits per heavy atom. The lowest BCUT2D eigenvalue weighted by Crippen LogP contribution is -2.33. The van der Waals surface area contributed by atoms with Gasteiger partial charge in [-0.3, -0.25) is 4.79 Å². The van der Waals surface area contributed by atoms with Crippen molar-refractivity contribution in [2.75, 3.05) is 20.6 Å². The van der Waals surface area contributed by atoms with Gasteiger partial charge in [0.25, 0.3) is 0 Å². The maximum atomic E-state index is 12.9. The zero-order valence-corrected chi connectivity index (χ0v) is 15.3. The number of nitrogens with zero attached hydrogens (tertiary/aromatic N) is 5. The molecular formula is C18H25N5O2. The first-order valence-corrected chi connectivity index (χ1v) is 8.63. The molecule has 1 aliphatic rings. The van der Waals surface area contributed by atoms with Crippen molar-refractivity contribution >= 4 is 5.91 Å². The molecule has 7 heteroatoms. The van der Waals surface area contributed by atoms with E-state index in [1.54, 1.807) is 6.20 Å². The van der Waals surface area contributed by atoms with Gasteiger partial charge in [-0.05, 0) is 46.9 Å². The minimum atomic E-state index is -0.0462. The van der Waals surface area contributed by atoms with Crippen molar-refractivity contribution in [1.29, 1.82) is 0 Å². The molecule has 1 fully saturated rings. The van der Waals surface area contributed by atoms with E-state index in [4.69, 9.17) is 4.52 Å². The quantitative estimate of drug-likeness (QED) is 0.827. The smallest absolute Gasteiger partial charge is 0.227 e. The second-order valence-electron chi connectivity index (χ2n) is 6.87. The third-order valence-electron chi connectivity index (χ3n) is 4.59. The number of carbonyl (C=O) groups is 1. The van der Waals surface area contributed by atoms with Crippen LogP contribution in [0.25, 0.3) is 0 Å². The fourth-order valence-electron chi connectivity index (χ4n) is 3.33. The average molecular weight is 343 g/mol. The normalized spacial score (nSPS) is 17.5. The van der Waals surface area contributed by atoms with E-state index in [0.29, 0.717) is 12.2 Å². The molecule has 1 unspecified atom stereocenters. The Hall–Kier alpha value is -2.28. The molecular weight excluding hydrogens is 318 g/mol. The fraction of sp³-hybridized carbons (Fsp3) is 0.556. The van der Waals surface area contributed by atoms with Crippen molar-refractivity contribution in [3.63, 3.8) is 0 Å². The van der Waals surface area contributed by atoms with Crippen molar-refractivity contribution in [3.8, 4) is 0 Å². The summed E-state index contributed by atoms with van der Waals surface area (Å²) in [7, 11) is 4.02. The lowest BCUT2D eigenvalue weighted by molar-refractivity contribution is -0.131. The van der Waals surface area contributed by atoms with E-state index < -0.39 is 0 Å². The van der Waals surface area contributed by atoms with Gasteiger partial charge in [-0.2, -0.15) is 0 Å². The molecule has 2 aromatic heterocycles. The van der Waals surface area contributed by atoms with Crippen LogP contribution in [0.1, 0.15) is 47.4 Å². The van der Waals surface area contributed by atoms with E-state index in [0.717, 1.165) is 48.7 Å². The molecule has 25 heavy (non-hydrogen) atoms. The summed E-state index contributed by atoms with van der Waals surface area (Å²) in [4.78, 5) is 26.0. The Labute approximate surface area is 148 Å². The van der Waals surface area contributed by atoms with E-state index in [-0.39, 0.29) is 11.9 Å². The van der Waals surface area contributed by atoms with Gasteiger partial charge in [-0.25, -0.2) is 9.97 Å². The number of hydrogen-bond donors (Lipinski definition) is 0. The Kier molecular flexibility index (Phi) is 5.13. The standard InChI is InChI=1S/C18H25N5O2/c1-12-15(13(2)25-21-12)10-17(24)23-9-5-6-16(23)18-19-8-7-14(20-18)11-22(3)4/h7-8,16H,5-6,9-11H2,1-4H3. The molecule has 1 amide bonds. The van der Waals surface area contributed by atoms with Crippen LogP contribution >= 0.6 is 0 Å². The zero-order chi connectivity index (χ0) is 18.0. The summed E-state index contributed by atoms with van der Waals surface area (Å²) >= 11 is 0. The summed E-state index contributed by atoms with van der Waals surface area (Å²) < 4.78 is 5.17. The zero-order valence-electron chi connectivity index (χ0n) is 15.3. The predicted molar refractivity (Wildman–Crippen MR) is 92.8 cm³/mol. The van der Waals surface area contributed by atoms with Gasteiger partial charge >= 0.3 is 0 Å². The molecule has 134 valence electrons. The largest absolute Gasteiger partial charge is 0.361 e. The Morgan fingerprint density at radius 1 is 1.40 bits per heavy atom. The van der Waals surface area contributed by atoms with Crippen LogP contribution in [-0.4, -0.2) is 51.5 Å². The summed E-state index contributed by atoms with van der Waals surface area (Å²) in [6.07, 6.45) is 3.98. The van der Waals surface area contributed by atoms with Crippen LogP contribution in [0.3, 0.4) is 0 Å². The maximum absolute atomic E-state index is 12.9. The highest BCUT2D eigenvalue weighted by atomic mass is 16.5. The summed E-state index contributed by atoms with van der Waals surface area (Å²) in [6.45, 7) is 5.22. The molecule has 0 saturated carbocycles. The molecule has 1 saturated heterocycles. The summed E-state index contributed by atoms with van der Waals surface area (Å²) in [5.74, 6) is 1.54. The van der Waals surface area contributed by atoms with E-state index in [1.807, 2.05) is 38.9 Å². The molecule has 0 aromatic carbocycles. The van der Waals surface area contributed by atoms with Crippen LogP contribution in [-0.2, 0) is 17.8 Å². The molecule has 1 atom stereocenters. The number of likely N-dealkylation sites (tertiary alicyclic amines) is 1. The minimum Gasteiger partial charge on any atom is -0.361 e. The number of amides is 1. The van der Waals surface area contributed by atoms with Crippen LogP contribution in [0.4, 0.5) is 0 Å². The molecule has 3 rings (SSSR count).